The van der Waals surface area contributed by atoms with Crippen molar-refractivity contribution in [3.63, 3.8) is 0 Å². The molecule has 1 aromatic heterocycles. The van der Waals surface area contributed by atoms with Crippen LogP contribution >= 0.6 is 0 Å². The first-order valence-corrected chi connectivity index (χ1v) is 11.1. The number of aromatic nitrogens is 1. The van der Waals surface area contributed by atoms with Gasteiger partial charge in [0.25, 0.3) is 10.1 Å². The van der Waals surface area contributed by atoms with E-state index in [4.69, 9.17) is 4.55 Å². The smallest absolute Gasteiger partial charge is 0.261 e. The Balaban J connectivity index is 0.000000922. The molecule has 5 heteroatoms. The van der Waals surface area contributed by atoms with Gasteiger partial charge >= 0.3 is 0 Å². The lowest BCUT2D eigenvalue weighted by atomic mass is 10.1. The average Bonchev–Trinajstić information content (AvgIpc) is 2.51. The van der Waals surface area contributed by atoms with Crippen LogP contribution in [0.1, 0.15) is 77.2 Å². The molecule has 1 heterocycles. The Morgan fingerprint density at radius 1 is 0.875 bits per heavy atom. The minimum Gasteiger partial charge on any atom is -0.286 e. The normalized spacial score (nSPS) is 11.0. The maximum atomic E-state index is 9.19. The monoisotopic (exact) mass is 358 g/mol. The van der Waals surface area contributed by atoms with E-state index in [9.17, 15) is 8.42 Å². The molecule has 140 valence electrons. The highest BCUT2D eigenvalue weighted by atomic mass is 32.2. The van der Waals surface area contributed by atoms with Crippen molar-refractivity contribution in [2.24, 2.45) is 0 Å². The second kappa shape index (κ2) is 14.4. The second-order valence-corrected chi connectivity index (χ2v) is 7.87. The highest BCUT2D eigenvalue weighted by molar-refractivity contribution is 7.85. The van der Waals surface area contributed by atoms with E-state index in [0.29, 0.717) is 6.26 Å². The molecule has 1 rings (SSSR count). The molecule has 24 heavy (non-hydrogen) atoms. The first kappa shape index (κ1) is 23.1. The molecule has 0 aromatic carbocycles. The third kappa shape index (κ3) is 17.4. The Kier molecular flexibility index (Phi) is 13.8. The molecule has 0 fully saturated rings. The van der Waals surface area contributed by atoms with Crippen molar-refractivity contribution in [3.8, 4) is 0 Å². The summed E-state index contributed by atoms with van der Waals surface area (Å²) in [5.41, 5.74) is 1.48. The van der Waals surface area contributed by atoms with Crippen LogP contribution in [0.15, 0.2) is 24.5 Å². The molecule has 0 unspecified atom stereocenters. The predicted molar refractivity (Wildman–Crippen MR) is 101 cm³/mol. The van der Waals surface area contributed by atoms with Crippen molar-refractivity contribution in [1.82, 2.24) is 0 Å². The summed E-state index contributed by atoms with van der Waals surface area (Å²) in [5, 5.41) is 0. The number of unbranched alkanes of at least 4 members (excludes halogenated alkanes) is 7. The number of hydrogen-bond acceptors (Lipinski definition) is 2. The molecule has 4 nitrogen and oxygen atoms in total. The van der Waals surface area contributed by atoms with Gasteiger partial charge in [-0.05, 0) is 24.8 Å². The molecular formula is C19H36NO3S+. The predicted octanol–water partition coefficient (Wildman–Crippen LogP) is 4.57. The summed E-state index contributed by atoms with van der Waals surface area (Å²) in [6.45, 7) is 5.71. The SMILES string of the molecule is CCCCCCCCC[n+]1ccc(CCCC)cc1.CS(=O)(=O)O. The fraction of sp³-hybridized carbons (Fsp3) is 0.737. The standard InChI is InChI=1S/C18H32N.CH4O3S/c1-3-5-7-8-9-10-11-15-19-16-13-18(14-17-19)12-6-4-2;1-5(2,3)4/h13-14,16-17H,3-12,15H2,1-2H3;1H3,(H,2,3,4)/q+1;. The van der Waals surface area contributed by atoms with Gasteiger partial charge in [-0.15, -0.1) is 0 Å². The van der Waals surface area contributed by atoms with Gasteiger partial charge in [0.15, 0.2) is 12.4 Å². The molecular weight excluding hydrogens is 322 g/mol. The van der Waals surface area contributed by atoms with Gasteiger partial charge in [-0.3, -0.25) is 4.55 Å². The van der Waals surface area contributed by atoms with E-state index in [1.165, 1.54) is 76.3 Å². The molecule has 0 amide bonds. The number of hydrogen-bond donors (Lipinski definition) is 1. The Labute approximate surface area is 149 Å². The Bertz CT molecular complexity index is 490. The summed E-state index contributed by atoms with van der Waals surface area (Å²) < 4.78 is 28.2. The van der Waals surface area contributed by atoms with E-state index >= 15 is 0 Å². The Morgan fingerprint density at radius 2 is 1.33 bits per heavy atom. The van der Waals surface area contributed by atoms with Gasteiger partial charge in [-0.25, -0.2) is 4.57 Å². The number of pyridine rings is 1. The van der Waals surface area contributed by atoms with Crippen LogP contribution in [0.4, 0.5) is 0 Å². The molecule has 0 bridgehead atoms. The highest BCUT2D eigenvalue weighted by Gasteiger charge is 2.01. The van der Waals surface area contributed by atoms with E-state index in [2.05, 4.69) is 42.9 Å². The van der Waals surface area contributed by atoms with Gasteiger partial charge in [0, 0.05) is 18.6 Å². The molecule has 0 radical (unpaired) electrons. The van der Waals surface area contributed by atoms with Crippen molar-refractivity contribution < 1.29 is 17.5 Å². The van der Waals surface area contributed by atoms with Crippen molar-refractivity contribution in [2.75, 3.05) is 6.26 Å². The Hall–Kier alpha value is -0.940. The van der Waals surface area contributed by atoms with Gasteiger partial charge in [0.2, 0.25) is 0 Å². The first-order valence-electron chi connectivity index (χ1n) is 9.27. The zero-order valence-electron chi connectivity index (χ0n) is 15.7. The van der Waals surface area contributed by atoms with E-state index < -0.39 is 10.1 Å². The first-order chi connectivity index (χ1) is 11.4. The van der Waals surface area contributed by atoms with Crippen LogP contribution in [0.2, 0.25) is 0 Å². The zero-order valence-corrected chi connectivity index (χ0v) is 16.5. The van der Waals surface area contributed by atoms with E-state index in [1.54, 1.807) is 0 Å². The van der Waals surface area contributed by atoms with Crippen LogP contribution < -0.4 is 4.57 Å². The third-order valence-electron chi connectivity index (χ3n) is 3.80. The molecule has 0 spiro atoms. The van der Waals surface area contributed by atoms with Gasteiger partial charge in [-0.2, -0.15) is 8.42 Å². The lowest BCUT2D eigenvalue weighted by molar-refractivity contribution is -0.697. The molecule has 0 saturated heterocycles. The maximum absolute atomic E-state index is 9.19. The van der Waals surface area contributed by atoms with Crippen LogP contribution in [-0.2, 0) is 23.1 Å². The summed E-state index contributed by atoms with van der Waals surface area (Å²) in [6.07, 6.45) is 18.8. The fourth-order valence-corrected chi connectivity index (χ4v) is 2.44. The minimum atomic E-state index is -3.67. The molecule has 0 atom stereocenters. The molecule has 0 aliphatic rings. The quantitative estimate of drug-likeness (QED) is 0.358. The van der Waals surface area contributed by atoms with Crippen LogP contribution in [0, 0.1) is 0 Å². The third-order valence-corrected chi connectivity index (χ3v) is 3.80. The lowest BCUT2D eigenvalue weighted by Crippen LogP contribution is -2.32. The molecule has 1 N–H and O–H groups in total. The summed E-state index contributed by atoms with van der Waals surface area (Å²) in [7, 11) is -3.67. The van der Waals surface area contributed by atoms with Crippen molar-refractivity contribution in [2.45, 2.75) is 84.6 Å². The number of nitrogens with zero attached hydrogens (tertiary/aromatic N) is 1. The largest absolute Gasteiger partial charge is 0.286 e. The Morgan fingerprint density at radius 3 is 1.83 bits per heavy atom. The summed E-state index contributed by atoms with van der Waals surface area (Å²) in [6, 6.07) is 4.58. The summed E-state index contributed by atoms with van der Waals surface area (Å²) in [4.78, 5) is 0. The molecule has 0 saturated carbocycles. The van der Waals surface area contributed by atoms with Gasteiger partial charge in [0.05, 0.1) is 6.26 Å². The second-order valence-electron chi connectivity index (χ2n) is 6.40. The van der Waals surface area contributed by atoms with E-state index in [0.717, 1.165) is 0 Å². The highest BCUT2D eigenvalue weighted by Crippen LogP contribution is 2.07. The van der Waals surface area contributed by atoms with Gasteiger partial charge in [-0.1, -0.05) is 52.4 Å². The zero-order chi connectivity index (χ0) is 18.3. The topological polar surface area (TPSA) is 58.2 Å². The van der Waals surface area contributed by atoms with Crippen molar-refractivity contribution >= 4 is 10.1 Å². The van der Waals surface area contributed by atoms with Gasteiger partial charge in [0.1, 0.15) is 6.54 Å². The minimum absolute atomic E-state index is 0.715. The number of aryl methyl sites for hydroxylation is 2. The molecule has 1 aromatic rings. The molecule has 0 aliphatic carbocycles. The number of rotatable bonds is 11. The fourth-order valence-electron chi connectivity index (χ4n) is 2.44. The van der Waals surface area contributed by atoms with Crippen LogP contribution in [-0.4, -0.2) is 19.2 Å². The van der Waals surface area contributed by atoms with Crippen LogP contribution in [0.5, 0.6) is 0 Å². The van der Waals surface area contributed by atoms with E-state index in [-0.39, 0.29) is 0 Å². The average molecular weight is 359 g/mol. The van der Waals surface area contributed by atoms with Crippen molar-refractivity contribution in [3.05, 3.63) is 30.1 Å². The maximum Gasteiger partial charge on any atom is 0.261 e. The lowest BCUT2D eigenvalue weighted by Gasteiger charge is -2.01. The molecule has 0 aliphatic heterocycles. The summed E-state index contributed by atoms with van der Waals surface area (Å²) >= 11 is 0. The summed E-state index contributed by atoms with van der Waals surface area (Å²) in [5.74, 6) is 0. The van der Waals surface area contributed by atoms with Crippen molar-refractivity contribution in [1.29, 1.82) is 0 Å². The van der Waals surface area contributed by atoms with Gasteiger partial charge < -0.3 is 0 Å². The van der Waals surface area contributed by atoms with E-state index in [1.807, 2.05) is 0 Å². The van der Waals surface area contributed by atoms with Crippen LogP contribution in [0.3, 0.4) is 0 Å². The van der Waals surface area contributed by atoms with Crippen LogP contribution in [0.25, 0.3) is 0 Å².